The standard InChI is InChI=1S/C15H12Cl3F3N4O2S/c1-8(23-24-12-4-2-3-11(17)14(12)18)10-7-9(16)5-6-13(10)25(22)28(26,27)15(19,20)21/h2-7,24H,22H2,1H3/b23-8+. The summed E-state index contributed by atoms with van der Waals surface area (Å²) >= 11 is 17.8. The molecular weight excluding hydrogens is 464 g/mol. The average Bonchev–Trinajstić information content (AvgIpc) is 2.61. The van der Waals surface area contributed by atoms with Crippen LogP contribution in [-0.4, -0.2) is 19.6 Å². The monoisotopic (exact) mass is 474 g/mol. The van der Waals surface area contributed by atoms with Gasteiger partial charge in [-0.1, -0.05) is 40.9 Å². The van der Waals surface area contributed by atoms with Gasteiger partial charge in [-0.05, 0) is 37.3 Å². The second-order valence-corrected chi connectivity index (χ2v) is 8.35. The number of hydrazine groups is 1. The number of hydrogen-bond donors (Lipinski definition) is 2. The van der Waals surface area contributed by atoms with Crippen molar-refractivity contribution in [1.29, 1.82) is 0 Å². The molecule has 0 spiro atoms. The van der Waals surface area contributed by atoms with Gasteiger partial charge in [0.25, 0.3) is 0 Å². The maximum atomic E-state index is 12.8. The minimum absolute atomic E-state index is 0.0477. The molecule has 0 atom stereocenters. The Morgan fingerprint density at radius 3 is 2.43 bits per heavy atom. The van der Waals surface area contributed by atoms with Crippen molar-refractivity contribution in [3.05, 3.63) is 57.0 Å². The number of nitrogens with one attached hydrogen (secondary N) is 1. The number of anilines is 2. The summed E-state index contributed by atoms with van der Waals surface area (Å²) in [5, 5.41) is 4.56. The first-order valence-corrected chi connectivity index (χ1v) is 9.84. The van der Waals surface area contributed by atoms with E-state index in [-0.39, 0.29) is 30.8 Å². The Bertz CT molecular complexity index is 1030. The van der Waals surface area contributed by atoms with Gasteiger partial charge in [0, 0.05) is 10.6 Å². The van der Waals surface area contributed by atoms with E-state index in [2.05, 4.69) is 10.5 Å². The van der Waals surface area contributed by atoms with E-state index in [9.17, 15) is 21.6 Å². The fraction of sp³-hybridized carbons (Fsp3) is 0.133. The Labute approximate surface area is 173 Å². The summed E-state index contributed by atoms with van der Waals surface area (Å²) in [5.41, 5.74) is -3.09. The van der Waals surface area contributed by atoms with Gasteiger partial charge in [0.1, 0.15) is 0 Å². The Morgan fingerprint density at radius 1 is 1.18 bits per heavy atom. The lowest BCUT2D eigenvalue weighted by Gasteiger charge is -2.22. The van der Waals surface area contributed by atoms with Crippen LogP contribution in [0.5, 0.6) is 0 Å². The van der Waals surface area contributed by atoms with E-state index >= 15 is 0 Å². The summed E-state index contributed by atoms with van der Waals surface area (Å²) in [6.07, 6.45) is 0. The summed E-state index contributed by atoms with van der Waals surface area (Å²) in [6, 6.07) is 8.17. The Morgan fingerprint density at radius 2 is 1.82 bits per heavy atom. The highest BCUT2D eigenvalue weighted by Crippen LogP contribution is 2.33. The minimum Gasteiger partial charge on any atom is -0.277 e. The predicted molar refractivity (Wildman–Crippen MR) is 105 cm³/mol. The zero-order valence-corrected chi connectivity index (χ0v) is 17.0. The fourth-order valence-corrected chi connectivity index (χ4v) is 3.18. The average molecular weight is 476 g/mol. The summed E-state index contributed by atoms with van der Waals surface area (Å²) in [4.78, 5) is 0. The van der Waals surface area contributed by atoms with Gasteiger partial charge >= 0.3 is 15.5 Å². The summed E-state index contributed by atoms with van der Waals surface area (Å²) < 4.78 is 61.4. The molecule has 0 saturated heterocycles. The zero-order valence-electron chi connectivity index (χ0n) is 13.9. The molecule has 0 aliphatic rings. The van der Waals surface area contributed by atoms with Gasteiger partial charge in [-0.3, -0.25) is 5.43 Å². The molecule has 6 nitrogen and oxygen atoms in total. The Kier molecular flexibility index (Phi) is 6.72. The highest BCUT2D eigenvalue weighted by Gasteiger charge is 2.50. The topological polar surface area (TPSA) is 87.8 Å². The molecule has 3 N–H and O–H groups in total. The number of nitrogens with two attached hydrogens (primary N) is 1. The smallest absolute Gasteiger partial charge is 0.277 e. The van der Waals surface area contributed by atoms with Crippen molar-refractivity contribution in [2.45, 2.75) is 12.4 Å². The van der Waals surface area contributed by atoms with Crippen molar-refractivity contribution in [3.63, 3.8) is 0 Å². The van der Waals surface area contributed by atoms with E-state index < -0.39 is 21.2 Å². The molecular formula is C15H12Cl3F3N4O2S. The molecule has 0 fully saturated rings. The van der Waals surface area contributed by atoms with Crippen LogP contribution in [0, 0.1) is 0 Å². The van der Waals surface area contributed by atoms with Crippen molar-refractivity contribution in [3.8, 4) is 0 Å². The first kappa shape index (κ1) is 22.6. The van der Waals surface area contributed by atoms with E-state index in [1.54, 1.807) is 18.2 Å². The summed E-state index contributed by atoms with van der Waals surface area (Å²) in [7, 11) is -5.82. The predicted octanol–water partition coefficient (Wildman–Crippen LogP) is 5.01. The molecule has 13 heteroatoms. The molecule has 2 rings (SSSR count). The lowest BCUT2D eigenvalue weighted by atomic mass is 10.1. The second-order valence-electron chi connectivity index (χ2n) is 5.32. The first-order valence-electron chi connectivity index (χ1n) is 7.26. The molecule has 0 amide bonds. The highest BCUT2D eigenvalue weighted by atomic mass is 35.5. The normalized spacial score (nSPS) is 12.8. The Hall–Kier alpha value is -1.72. The lowest BCUT2D eigenvalue weighted by Crippen LogP contribution is -2.46. The summed E-state index contributed by atoms with van der Waals surface area (Å²) in [5.74, 6) is 5.27. The number of halogens is 6. The molecule has 2 aromatic rings. The van der Waals surface area contributed by atoms with Crippen LogP contribution in [0.3, 0.4) is 0 Å². The van der Waals surface area contributed by atoms with Gasteiger partial charge in [-0.15, -0.1) is 0 Å². The van der Waals surface area contributed by atoms with Crippen LogP contribution in [0.25, 0.3) is 0 Å². The van der Waals surface area contributed by atoms with Gasteiger partial charge in [0.15, 0.2) is 0 Å². The third kappa shape index (κ3) is 4.64. The van der Waals surface area contributed by atoms with E-state index in [1.165, 1.54) is 19.1 Å². The van der Waals surface area contributed by atoms with Crippen molar-refractivity contribution in [2.75, 3.05) is 9.84 Å². The van der Waals surface area contributed by atoms with Gasteiger partial charge in [-0.2, -0.15) is 31.1 Å². The van der Waals surface area contributed by atoms with Crippen molar-refractivity contribution in [2.24, 2.45) is 10.9 Å². The van der Waals surface area contributed by atoms with Gasteiger partial charge in [0.2, 0.25) is 0 Å². The number of sulfonamides is 1. The van der Waals surface area contributed by atoms with Crippen molar-refractivity contribution in [1.82, 2.24) is 0 Å². The molecule has 0 unspecified atom stereocenters. The zero-order chi connectivity index (χ0) is 21.3. The van der Waals surface area contributed by atoms with Gasteiger partial charge in [0.05, 0.1) is 27.1 Å². The molecule has 2 aromatic carbocycles. The van der Waals surface area contributed by atoms with E-state index in [4.69, 9.17) is 40.6 Å². The minimum atomic E-state index is -5.82. The maximum Gasteiger partial charge on any atom is 0.518 e. The number of alkyl halides is 3. The second kappa shape index (κ2) is 8.34. The number of nitrogens with zero attached hydrogens (tertiary/aromatic N) is 2. The molecule has 0 bridgehead atoms. The number of rotatable bonds is 5. The van der Waals surface area contributed by atoms with Crippen LogP contribution < -0.4 is 15.7 Å². The van der Waals surface area contributed by atoms with Crippen LogP contribution in [0.1, 0.15) is 12.5 Å². The van der Waals surface area contributed by atoms with Crippen LogP contribution in [0.2, 0.25) is 15.1 Å². The highest BCUT2D eigenvalue weighted by molar-refractivity contribution is 7.93. The van der Waals surface area contributed by atoms with Crippen molar-refractivity contribution >= 4 is 61.9 Å². The van der Waals surface area contributed by atoms with Gasteiger partial charge in [-0.25, -0.2) is 5.84 Å². The lowest BCUT2D eigenvalue weighted by molar-refractivity contribution is -0.0438. The molecule has 0 aliphatic heterocycles. The largest absolute Gasteiger partial charge is 0.518 e. The van der Waals surface area contributed by atoms with Crippen molar-refractivity contribution < 1.29 is 21.6 Å². The SMILES string of the molecule is C/C(=N\Nc1cccc(Cl)c1Cl)c1cc(Cl)ccc1N(N)S(=O)(=O)C(F)(F)F. The summed E-state index contributed by atoms with van der Waals surface area (Å²) in [6.45, 7) is 1.41. The molecule has 152 valence electrons. The molecule has 0 saturated carbocycles. The number of benzene rings is 2. The number of hydrogen-bond acceptors (Lipinski definition) is 5. The molecule has 0 heterocycles. The van der Waals surface area contributed by atoms with Gasteiger partial charge < -0.3 is 0 Å². The van der Waals surface area contributed by atoms with Crippen LogP contribution in [0.15, 0.2) is 41.5 Å². The van der Waals surface area contributed by atoms with E-state index in [1.807, 2.05) is 0 Å². The molecule has 0 aliphatic carbocycles. The van der Waals surface area contributed by atoms with Crippen LogP contribution in [-0.2, 0) is 10.0 Å². The molecule has 0 radical (unpaired) electrons. The Balaban J connectivity index is 2.48. The fourth-order valence-electron chi connectivity index (χ4n) is 2.03. The quantitative estimate of drug-likeness (QED) is 0.361. The molecule has 0 aromatic heterocycles. The van der Waals surface area contributed by atoms with Crippen LogP contribution in [0.4, 0.5) is 24.5 Å². The maximum absolute atomic E-state index is 12.8. The number of hydrazone groups is 1. The first-order chi connectivity index (χ1) is 12.9. The third-order valence-corrected chi connectivity index (χ3v) is 5.79. The molecule has 28 heavy (non-hydrogen) atoms. The van der Waals surface area contributed by atoms with E-state index in [0.717, 1.165) is 6.07 Å². The van der Waals surface area contributed by atoms with Crippen LogP contribution >= 0.6 is 34.8 Å². The van der Waals surface area contributed by atoms with E-state index in [0.29, 0.717) is 5.69 Å². The third-order valence-electron chi connectivity index (χ3n) is 3.43.